The highest BCUT2D eigenvalue weighted by Gasteiger charge is 2.69. The number of hydrogen-bond acceptors (Lipinski definition) is 3. The molecule has 0 saturated carbocycles. The summed E-state index contributed by atoms with van der Waals surface area (Å²) in [4.78, 5) is -0.563. The van der Waals surface area contributed by atoms with Crippen LogP contribution in [0.15, 0.2) is 36.4 Å². The lowest BCUT2D eigenvalue weighted by Crippen LogP contribution is -2.27. The summed E-state index contributed by atoms with van der Waals surface area (Å²) >= 11 is 3.47. The van der Waals surface area contributed by atoms with Crippen LogP contribution in [0.1, 0.15) is 5.56 Å². The highest BCUT2D eigenvalue weighted by molar-refractivity contribution is 8.13. The quantitative estimate of drug-likeness (QED) is 0.605. The third-order valence-electron chi connectivity index (χ3n) is 3.49. The third-order valence-corrected chi connectivity index (χ3v) is 6.48. The molecular formula is C13H9F3OS2. The number of alkyl halides is 3. The van der Waals surface area contributed by atoms with Gasteiger partial charge in [-0.2, -0.15) is 13.2 Å². The molecule has 3 aliphatic rings. The largest absolute Gasteiger partial charge is 0.471 e. The Morgan fingerprint density at radius 2 is 2.00 bits per heavy atom. The van der Waals surface area contributed by atoms with E-state index in [1.165, 1.54) is 12.1 Å². The predicted octanol–water partition coefficient (Wildman–Crippen LogP) is 3.95. The van der Waals surface area contributed by atoms with Crippen LogP contribution < -0.4 is 4.74 Å². The van der Waals surface area contributed by atoms with E-state index in [0.717, 1.165) is 6.07 Å². The molecule has 1 aliphatic carbocycles. The molecule has 2 fully saturated rings. The summed E-state index contributed by atoms with van der Waals surface area (Å²) in [5, 5.41) is 1.37. The first-order valence-corrected chi connectivity index (χ1v) is 7.70. The van der Waals surface area contributed by atoms with Gasteiger partial charge in [0, 0.05) is 10.5 Å². The van der Waals surface area contributed by atoms with Gasteiger partial charge in [0.25, 0.3) is 0 Å². The minimum Gasteiger partial charge on any atom is -0.471 e. The third kappa shape index (κ3) is 1.88. The maximum atomic E-state index is 12.9. The lowest BCUT2D eigenvalue weighted by molar-refractivity contribution is -0.139. The summed E-state index contributed by atoms with van der Waals surface area (Å²) in [6.07, 6.45) is -0.393. The van der Waals surface area contributed by atoms with E-state index in [9.17, 15) is 13.2 Å². The molecule has 4 atom stereocenters. The van der Waals surface area contributed by atoms with E-state index in [2.05, 4.69) is 6.08 Å². The Morgan fingerprint density at radius 3 is 2.79 bits per heavy atom. The van der Waals surface area contributed by atoms with Crippen LogP contribution in [0, 0.1) is 0 Å². The van der Waals surface area contributed by atoms with E-state index in [-0.39, 0.29) is 5.75 Å². The molecule has 2 aliphatic heterocycles. The van der Waals surface area contributed by atoms with Gasteiger partial charge in [0.15, 0.2) is 4.93 Å². The van der Waals surface area contributed by atoms with Crippen LogP contribution in [0.2, 0.25) is 0 Å². The average Bonchev–Trinajstić information content (AvgIpc) is 3.20. The van der Waals surface area contributed by atoms with Gasteiger partial charge in [-0.15, -0.1) is 11.8 Å². The van der Waals surface area contributed by atoms with Gasteiger partial charge in [-0.1, -0.05) is 30.0 Å². The van der Waals surface area contributed by atoms with Crippen LogP contribution in [0.25, 0.3) is 0 Å². The molecule has 0 spiro atoms. The van der Waals surface area contributed by atoms with Crippen LogP contribution in [0.5, 0.6) is 5.75 Å². The van der Waals surface area contributed by atoms with Gasteiger partial charge in [-0.3, -0.25) is 0 Å². The molecule has 2 saturated heterocycles. The van der Waals surface area contributed by atoms with Gasteiger partial charge < -0.3 is 4.74 Å². The molecular weight excluding hydrogens is 293 g/mol. The van der Waals surface area contributed by atoms with Gasteiger partial charge >= 0.3 is 6.18 Å². The molecule has 0 amide bonds. The van der Waals surface area contributed by atoms with Crippen molar-refractivity contribution in [2.45, 2.75) is 26.9 Å². The number of thioether (sulfide) groups is 2. The molecule has 2 heterocycles. The molecule has 0 N–H and O–H groups in total. The number of ether oxygens (including phenoxy) is 1. The highest BCUT2D eigenvalue weighted by atomic mass is 32.2. The Hall–Kier alpha value is -0.750. The molecule has 1 nitrogen and oxygen atoms in total. The first kappa shape index (κ1) is 12.0. The fraction of sp³-hybridized carbons (Fsp3) is 0.385. The van der Waals surface area contributed by atoms with Crippen molar-refractivity contribution < 1.29 is 17.9 Å². The number of halogens is 3. The first-order chi connectivity index (χ1) is 9.00. The molecule has 6 heteroatoms. The Labute approximate surface area is 116 Å². The van der Waals surface area contributed by atoms with Crippen molar-refractivity contribution in [1.29, 1.82) is 0 Å². The molecule has 1 aromatic rings. The Kier molecular flexibility index (Phi) is 2.32. The van der Waals surface area contributed by atoms with E-state index in [1.54, 1.807) is 17.8 Å². The highest BCUT2D eigenvalue weighted by Crippen LogP contribution is 2.69. The Bertz CT molecular complexity index is 571. The van der Waals surface area contributed by atoms with Gasteiger partial charge in [0.1, 0.15) is 5.75 Å². The van der Waals surface area contributed by atoms with Crippen molar-refractivity contribution in [1.82, 2.24) is 0 Å². The van der Waals surface area contributed by atoms with Crippen LogP contribution in [0.4, 0.5) is 13.2 Å². The molecule has 0 aromatic heterocycles. The van der Waals surface area contributed by atoms with Crippen molar-refractivity contribution in [2.24, 2.45) is 0 Å². The van der Waals surface area contributed by atoms with Crippen molar-refractivity contribution in [3.05, 3.63) is 42.0 Å². The Balaban J connectivity index is 1.65. The van der Waals surface area contributed by atoms with Crippen LogP contribution in [-0.2, 0) is 6.18 Å². The number of hydrogen-bond donors (Lipinski definition) is 0. The monoisotopic (exact) mass is 302 g/mol. The average molecular weight is 302 g/mol. The predicted molar refractivity (Wildman–Crippen MR) is 70.5 cm³/mol. The van der Waals surface area contributed by atoms with E-state index < -0.39 is 16.7 Å². The summed E-state index contributed by atoms with van der Waals surface area (Å²) in [5.41, 5.74) is -0.699. The fourth-order valence-corrected chi connectivity index (χ4v) is 5.22. The van der Waals surface area contributed by atoms with Crippen molar-refractivity contribution in [2.75, 3.05) is 0 Å². The summed E-state index contributed by atoms with van der Waals surface area (Å²) in [6, 6.07) is 5.42. The lowest BCUT2D eigenvalue weighted by Gasteiger charge is -2.19. The van der Waals surface area contributed by atoms with E-state index >= 15 is 0 Å². The van der Waals surface area contributed by atoms with Gasteiger partial charge in [-0.05, 0) is 18.2 Å². The van der Waals surface area contributed by atoms with Crippen molar-refractivity contribution >= 4 is 23.5 Å². The van der Waals surface area contributed by atoms with E-state index in [4.69, 9.17) is 4.74 Å². The zero-order valence-corrected chi connectivity index (χ0v) is 11.2. The van der Waals surface area contributed by atoms with Crippen LogP contribution >= 0.6 is 23.5 Å². The second-order valence-electron chi connectivity index (χ2n) is 4.78. The smallest absolute Gasteiger partial charge is 0.419 e. The molecule has 0 bridgehead atoms. The van der Waals surface area contributed by atoms with Crippen LogP contribution in [-0.4, -0.2) is 20.7 Å². The SMILES string of the molecule is FC(F)(F)c1ccccc1OC12C=CC3SC3C1S2. The topological polar surface area (TPSA) is 9.23 Å². The summed E-state index contributed by atoms with van der Waals surface area (Å²) in [6.45, 7) is 0. The number of rotatable bonds is 2. The maximum Gasteiger partial charge on any atom is 0.419 e. The number of fused-ring (bicyclic) bond motifs is 3. The molecule has 4 rings (SSSR count). The number of para-hydroxylation sites is 1. The molecule has 19 heavy (non-hydrogen) atoms. The Morgan fingerprint density at radius 1 is 1.21 bits per heavy atom. The number of benzene rings is 1. The van der Waals surface area contributed by atoms with Gasteiger partial charge in [0.2, 0.25) is 0 Å². The standard InChI is InChI=1S/C13H9F3OS2/c14-13(15,16)7-3-1-2-4-8(7)17-12-6-5-9-10(18-9)11(12)19-12/h1-6,9-11H. The van der Waals surface area contributed by atoms with Crippen molar-refractivity contribution in [3.8, 4) is 5.75 Å². The zero-order valence-electron chi connectivity index (χ0n) is 9.55. The minimum atomic E-state index is -4.38. The van der Waals surface area contributed by atoms with E-state index in [1.807, 2.05) is 17.8 Å². The lowest BCUT2D eigenvalue weighted by atomic mass is 10.1. The van der Waals surface area contributed by atoms with Gasteiger partial charge in [-0.25, -0.2) is 0 Å². The molecule has 4 unspecified atom stereocenters. The normalized spacial score (nSPS) is 38.4. The summed E-state index contributed by atoms with van der Waals surface area (Å²) in [5.74, 6) is -0.0706. The summed E-state index contributed by atoms with van der Waals surface area (Å²) < 4.78 is 44.5. The fourth-order valence-electron chi connectivity index (χ4n) is 2.44. The molecule has 1 aromatic carbocycles. The molecule has 0 radical (unpaired) electrons. The first-order valence-electron chi connectivity index (χ1n) is 5.87. The maximum absolute atomic E-state index is 12.9. The van der Waals surface area contributed by atoms with Crippen LogP contribution in [0.3, 0.4) is 0 Å². The summed E-state index contributed by atoms with van der Waals surface area (Å²) in [7, 11) is 0. The second kappa shape index (κ2) is 3.67. The van der Waals surface area contributed by atoms with E-state index in [0.29, 0.717) is 15.7 Å². The van der Waals surface area contributed by atoms with Gasteiger partial charge in [0.05, 0.1) is 10.8 Å². The minimum absolute atomic E-state index is 0.0706. The second-order valence-corrected chi connectivity index (χ2v) is 7.52. The molecule has 100 valence electrons. The zero-order chi connectivity index (χ0) is 13.3. The van der Waals surface area contributed by atoms with Crippen molar-refractivity contribution in [3.63, 3.8) is 0 Å².